The van der Waals surface area contributed by atoms with Crippen molar-refractivity contribution in [2.45, 2.75) is 26.4 Å². The Balaban J connectivity index is 2.30. The minimum absolute atomic E-state index is 0.281. The Morgan fingerprint density at radius 1 is 1.40 bits per heavy atom. The number of primary amides is 1. The maximum absolute atomic E-state index is 11.6. The Hall–Kier alpha value is -2.30. The Bertz CT molecular complexity index is 617. The number of carbonyl (C=O) groups excluding carboxylic acids is 1. The molecule has 2 rings (SSSR count). The molecule has 5 heteroatoms. The minimum atomic E-state index is -0.438. The average Bonchev–Trinajstić information content (AvgIpc) is 2.81. The van der Waals surface area contributed by atoms with Crippen LogP contribution in [0.2, 0.25) is 0 Å². The predicted octanol–water partition coefficient (Wildman–Crippen LogP) is 2.22. The third-order valence-electron chi connectivity index (χ3n) is 3.15. The van der Waals surface area contributed by atoms with Gasteiger partial charge >= 0.3 is 0 Å². The third kappa shape index (κ3) is 2.99. The lowest BCUT2D eigenvalue weighted by Crippen LogP contribution is -2.17. The van der Waals surface area contributed by atoms with E-state index in [1.54, 1.807) is 23.0 Å². The summed E-state index contributed by atoms with van der Waals surface area (Å²) in [6.07, 6.45) is 1.80. The van der Waals surface area contributed by atoms with Gasteiger partial charge in [-0.3, -0.25) is 9.48 Å². The maximum Gasteiger partial charge on any atom is 0.249 e. The first-order valence-electron chi connectivity index (χ1n) is 6.53. The Kier molecular flexibility index (Phi) is 4.08. The first kappa shape index (κ1) is 14.1. The molecule has 1 aromatic carbocycles. The van der Waals surface area contributed by atoms with Gasteiger partial charge in [0, 0.05) is 30.4 Å². The summed E-state index contributed by atoms with van der Waals surface area (Å²) in [7, 11) is 1.82. The Morgan fingerprint density at radius 3 is 2.70 bits per heavy atom. The van der Waals surface area contributed by atoms with Crippen molar-refractivity contribution in [2.24, 2.45) is 12.8 Å². The molecule has 0 aliphatic rings. The molecule has 2 aromatic rings. The van der Waals surface area contributed by atoms with Crippen molar-refractivity contribution in [3.05, 3.63) is 47.2 Å². The molecule has 0 saturated heterocycles. The zero-order valence-electron chi connectivity index (χ0n) is 12.0. The van der Waals surface area contributed by atoms with Crippen LogP contribution in [0.1, 0.15) is 41.3 Å². The summed E-state index contributed by atoms with van der Waals surface area (Å²) in [6, 6.07) is 7.35. The number of carbonyl (C=O) groups is 1. The van der Waals surface area contributed by atoms with Crippen LogP contribution in [0.15, 0.2) is 30.5 Å². The maximum atomic E-state index is 11.6. The van der Waals surface area contributed by atoms with Crippen LogP contribution in [-0.2, 0) is 13.7 Å². The molecular weight excluding hydrogens is 254 g/mol. The smallest absolute Gasteiger partial charge is 0.249 e. The van der Waals surface area contributed by atoms with Gasteiger partial charge in [0.2, 0.25) is 11.8 Å². The molecular formula is C15H19N3O2. The summed E-state index contributed by atoms with van der Waals surface area (Å²) in [4.78, 5) is 11.6. The first-order chi connectivity index (χ1) is 9.49. The molecule has 0 atom stereocenters. The van der Waals surface area contributed by atoms with Crippen LogP contribution >= 0.6 is 0 Å². The summed E-state index contributed by atoms with van der Waals surface area (Å²) in [5.74, 6) is 0.380. The molecule has 2 N–H and O–H groups in total. The van der Waals surface area contributed by atoms with Gasteiger partial charge in [-0.05, 0) is 17.5 Å². The van der Waals surface area contributed by atoms with Crippen molar-refractivity contribution in [3.63, 3.8) is 0 Å². The van der Waals surface area contributed by atoms with Crippen LogP contribution < -0.4 is 10.5 Å². The molecule has 1 heterocycles. The van der Waals surface area contributed by atoms with Crippen molar-refractivity contribution >= 4 is 5.91 Å². The number of ether oxygens (including phenoxy) is 1. The normalized spacial score (nSPS) is 10.8. The number of nitrogens with zero attached hydrogens (tertiary/aromatic N) is 2. The van der Waals surface area contributed by atoms with Crippen molar-refractivity contribution in [1.82, 2.24) is 9.78 Å². The number of aryl methyl sites for hydroxylation is 1. The number of aromatic nitrogens is 2. The van der Waals surface area contributed by atoms with Gasteiger partial charge < -0.3 is 10.5 Å². The van der Waals surface area contributed by atoms with E-state index in [2.05, 4.69) is 18.9 Å². The van der Waals surface area contributed by atoms with Crippen molar-refractivity contribution in [2.75, 3.05) is 0 Å². The molecule has 1 aromatic heterocycles. The number of rotatable bonds is 5. The van der Waals surface area contributed by atoms with Crippen LogP contribution in [-0.4, -0.2) is 15.7 Å². The van der Waals surface area contributed by atoms with E-state index >= 15 is 0 Å². The molecule has 0 unspecified atom stereocenters. The number of amides is 1. The second kappa shape index (κ2) is 5.77. The molecule has 0 spiro atoms. The summed E-state index contributed by atoms with van der Waals surface area (Å²) >= 11 is 0. The fourth-order valence-electron chi connectivity index (χ4n) is 2.15. The fourth-order valence-corrected chi connectivity index (χ4v) is 2.15. The fraction of sp³-hybridized carbons (Fsp3) is 0.333. The molecule has 0 fully saturated rings. The highest BCUT2D eigenvalue weighted by Gasteiger charge is 2.15. The molecule has 20 heavy (non-hydrogen) atoms. The molecule has 0 saturated carbocycles. The molecule has 0 aliphatic heterocycles. The monoisotopic (exact) mass is 273 g/mol. The predicted molar refractivity (Wildman–Crippen MR) is 76.6 cm³/mol. The van der Waals surface area contributed by atoms with E-state index < -0.39 is 5.91 Å². The standard InChI is InChI=1S/C15H19N3O2/c1-10(2)11-5-4-6-12(15(16)19)13(11)9-20-14-7-8-18(3)17-14/h4-8,10H,9H2,1-3H3,(H2,16,19). The molecule has 0 radical (unpaired) electrons. The summed E-state index contributed by atoms with van der Waals surface area (Å²) in [6.45, 7) is 4.43. The van der Waals surface area contributed by atoms with Crippen molar-refractivity contribution < 1.29 is 9.53 Å². The van der Waals surface area contributed by atoms with E-state index in [1.807, 2.05) is 19.2 Å². The largest absolute Gasteiger partial charge is 0.472 e. The quantitative estimate of drug-likeness (QED) is 0.908. The zero-order chi connectivity index (χ0) is 14.7. The SMILES string of the molecule is CC(C)c1cccc(C(N)=O)c1COc1ccn(C)n1. The van der Waals surface area contributed by atoms with Crippen molar-refractivity contribution in [3.8, 4) is 5.88 Å². The van der Waals surface area contributed by atoms with E-state index in [-0.39, 0.29) is 12.5 Å². The van der Waals surface area contributed by atoms with E-state index in [4.69, 9.17) is 10.5 Å². The van der Waals surface area contributed by atoms with E-state index in [0.29, 0.717) is 11.4 Å². The molecule has 0 bridgehead atoms. The van der Waals surface area contributed by atoms with Crippen LogP contribution in [0.25, 0.3) is 0 Å². The van der Waals surface area contributed by atoms with E-state index in [0.717, 1.165) is 11.1 Å². The Labute approximate surface area is 118 Å². The molecule has 0 aliphatic carbocycles. The van der Waals surface area contributed by atoms with Gasteiger partial charge in [0.15, 0.2) is 0 Å². The summed E-state index contributed by atoms with van der Waals surface area (Å²) in [5.41, 5.74) is 7.85. The topological polar surface area (TPSA) is 70.1 Å². The first-order valence-corrected chi connectivity index (χ1v) is 6.53. The Morgan fingerprint density at radius 2 is 2.15 bits per heavy atom. The third-order valence-corrected chi connectivity index (χ3v) is 3.15. The van der Waals surface area contributed by atoms with Crippen LogP contribution in [0, 0.1) is 0 Å². The van der Waals surface area contributed by atoms with E-state index in [9.17, 15) is 4.79 Å². The lowest BCUT2D eigenvalue weighted by molar-refractivity contribution is 0.0997. The second-order valence-electron chi connectivity index (χ2n) is 5.01. The molecule has 106 valence electrons. The highest BCUT2D eigenvalue weighted by Crippen LogP contribution is 2.24. The van der Waals surface area contributed by atoms with Crippen LogP contribution in [0.3, 0.4) is 0 Å². The second-order valence-corrected chi connectivity index (χ2v) is 5.01. The van der Waals surface area contributed by atoms with Gasteiger partial charge in [-0.15, -0.1) is 5.10 Å². The lowest BCUT2D eigenvalue weighted by atomic mass is 9.93. The lowest BCUT2D eigenvalue weighted by Gasteiger charge is -2.15. The summed E-state index contributed by atoms with van der Waals surface area (Å²) < 4.78 is 7.32. The number of hydrogen-bond acceptors (Lipinski definition) is 3. The van der Waals surface area contributed by atoms with Crippen LogP contribution in [0.5, 0.6) is 5.88 Å². The van der Waals surface area contributed by atoms with Gasteiger partial charge in [0.25, 0.3) is 0 Å². The van der Waals surface area contributed by atoms with E-state index in [1.165, 1.54) is 0 Å². The van der Waals surface area contributed by atoms with Gasteiger partial charge in [-0.25, -0.2) is 0 Å². The van der Waals surface area contributed by atoms with Gasteiger partial charge in [0.1, 0.15) is 6.61 Å². The molecule has 5 nitrogen and oxygen atoms in total. The van der Waals surface area contributed by atoms with Gasteiger partial charge in [-0.1, -0.05) is 26.0 Å². The summed E-state index contributed by atoms with van der Waals surface area (Å²) in [5, 5.41) is 4.15. The highest BCUT2D eigenvalue weighted by molar-refractivity contribution is 5.94. The van der Waals surface area contributed by atoms with Gasteiger partial charge in [0.05, 0.1) is 0 Å². The number of nitrogens with two attached hydrogens (primary N) is 1. The van der Waals surface area contributed by atoms with Crippen molar-refractivity contribution in [1.29, 1.82) is 0 Å². The average molecular weight is 273 g/mol. The highest BCUT2D eigenvalue weighted by atomic mass is 16.5. The van der Waals surface area contributed by atoms with Crippen LogP contribution in [0.4, 0.5) is 0 Å². The van der Waals surface area contributed by atoms with Gasteiger partial charge in [-0.2, -0.15) is 0 Å². The molecule has 1 amide bonds. The number of hydrogen-bond donors (Lipinski definition) is 1. The minimum Gasteiger partial charge on any atom is -0.472 e. The zero-order valence-corrected chi connectivity index (χ0v) is 12.0. The number of benzene rings is 1.